The third kappa shape index (κ3) is 3.52. The van der Waals surface area contributed by atoms with Crippen LogP contribution < -0.4 is 0 Å². The van der Waals surface area contributed by atoms with Gasteiger partial charge < -0.3 is 4.42 Å². The highest BCUT2D eigenvalue weighted by molar-refractivity contribution is 7.83. The summed E-state index contributed by atoms with van der Waals surface area (Å²) in [5, 5.41) is 2.73. The summed E-state index contributed by atoms with van der Waals surface area (Å²) in [6.07, 6.45) is 1.62. The van der Waals surface area contributed by atoms with Gasteiger partial charge in [0.1, 0.15) is 0 Å². The first-order chi connectivity index (χ1) is 12.2. The summed E-state index contributed by atoms with van der Waals surface area (Å²) in [7, 11) is -1.10. The van der Waals surface area contributed by atoms with Crippen molar-refractivity contribution in [2.45, 2.75) is 18.4 Å². The third-order valence-corrected chi connectivity index (χ3v) is 5.85. The lowest BCUT2D eigenvalue weighted by atomic mass is 10.2. The standard InChI is InChI=1S/C18H15N3O2S2/c1-12-16(21-15-6-3-2-5-14(15)19-12)11-25(22)10-13-9-24-18(20-13)17-7-4-8-23-17/h2-9H,10-11H2,1H3/t25-/m0/s1. The summed E-state index contributed by atoms with van der Waals surface area (Å²) in [5.74, 6) is 1.50. The predicted molar refractivity (Wildman–Crippen MR) is 99.6 cm³/mol. The molecule has 0 aliphatic heterocycles. The van der Waals surface area contributed by atoms with Gasteiger partial charge in [-0.2, -0.15) is 0 Å². The van der Waals surface area contributed by atoms with Gasteiger partial charge in [0.25, 0.3) is 0 Å². The SMILES string of the molecule is Cc1nc2ccccc2nc1C[S@@](=O)Cc1csc(-c2ccco2)n1. The second kappa shape index (κ2) is 6.85. The average Bonchev–Trinajstić information content (AvgIpc) is 3.26. The molecule has 0 saturated heterocycles. The van der Waals surface area contributed by atoms with Crippen LogP contribution in [0.15, 0.2) is 52.5 Å². The van der Waals surface area contributed by atoms with Crippen molar-refractivity contribution in [1.29, 1.82) is 0 Å². The van der Waals surface area contributed by atoms with E-state index in [0.717, 1.165) is 38.9 Å². The monoisotopic (exact) mass is 369 g/mol. The van der Waals surface area contributed by atoms with Crippen LogP contribution in [0.2, 0.25) is 0 Å². The van der Waals surface area contributed by atoms with Gasteiger partial charge in [-0.05, 0) is 31.2 Å². The van der Waals surface area contributed by atoms with Crippen molar-refractivity contribution < 1.29 is 8.63 Å². The summed E-state index contributed by atoms with van der Waals surface area (Å²) < 4.78 is 17.9. The topological polar surface area (TPSA) is 68.9 Å². The molecule has 0 unspecified atom stereocenters. The summed E-state index contributed by atoms with van der Waals surface area (Å²) in [5.41, 5.74) is 4.09. The largest absolute Gasteiger partial charge is 0.462 e. The first kappa shape index (κ1) is 16.1. The Morgan fingerprint density at radius 2 is 1.84 bits per heavy atom. The van der Waals surface area contributed by atoms with E-state index in [1.165, 1.54) is 11.3 Å². The number of thiazole rings is 1. The molecule has 7 heteroatoms. The van der Waals surface area contributed by atoms with Crippen LogP contribution >= 0.6 is 11.3 Å². The predicted octanol–water partition coefficient (Wildman–Crippen LogP) is 4.10. The highest BCUT2D eigenvalue weighted by Crippen LogP contribution is 2.24. The number of rotatable bonds is 5. The Bertz CT molecular complexity index is 1040. The van der Waals surface area contributed by atoms with E-state index in [2.05, 4.69) is 15.0 Å². The maximum Gasteiger partial charge on any atom is 0.162 e. The van der Waals surface area contributed by atoms with Gasteiger partial charge >= 0.3 is 0 Å². The summed E-state index contributed by atoms with van der Waals surface area (Å²) in [6, 6.07) is 11.4. The summed E-state index contributed by atoms with van der Waals surface area (Å²) >= 11 is 1.49. The van der Waals surface area contributed by atoms with Crippen molar-refractivity contribution in [2.24, 2.45) is 0 Å². The number of para-hydroxylation sites is 2. The molecule has 0 spiro atoms. The van der Waals surface area contributed by atoms with Gasteiger partial charge in [0.05, 0.1) is 45.9 Å². The van der Waals surface area contributed by atoms with Crippen LogP contribution in [0.1, 0.15) is 17.1 Å². The second-order valence-electron chi connectivity index (χ2n) is 5.59. The van der Waals surface area contributed by atoms with E-state index >= 15 is 0 Å². The van der Waals surface area contributed by atoms with Crippen LogP contribution in [0.3, 0.4) is 0 Å². The van der Waals surface area contributed by atoms with Crippen LogP contribution in [0.5, 0.6) is 0 Å². The van der Waals surface area contributed by atoms with Crippen LogP contribution in [-0.4, -0.2) is 19.2 Å². The Kier molecular flexibility index (Phi) is 4.42. The molecule has 0 N–H and O–H groups in total. The smallest absolute Gasteiger partial charge is 0.162 e. The molecule has 0 aliphatic rings. The molecule has 4 aromatic rings. The van der Waals surface area contributed by atoms with Gasteiger partial charge in [0.15, 0.2) is 10.8 Å². The van der Waals surface area contributed by atoms with Gasteiger partial charge in [-0.25, -0.2) is 15.0 Å². The quantitative estimate of drug-likeness (QED) is 0.530. The molecule has 0 radical (unpaired) electrons. The zero-order valence-corrected chi connectivity index (χ0v) is 15.1. The number of nitrogens with zero attached hydrogens (tertiary/aromatic N) is 3. The van der Waals surface area contributed by atoms with Crippen LogP contribution in [0, 0.1) is 6.92 Å². The highest BCUT2D eigenvalue weighted by atomic mass is 32.2. The second-order valence-corrected chi connectivity index (χ2v) is 7.91. The Balaban J connectivity index is 1.50. The van der Waals surface area contributed by atoms with Crippen molar-refractivity contribution in [3.63, 3.8) is 0 Å². The van der Waals surface area contributed by atoms with Crippen molar-refractivity contribution in [3.8, 4) is 10.8 Å². The molecule has 3 heterocycles. The molecule has 0 fully saturated rings. The zero-order chi connectivity index (χ0) is 17.2. The minimum Gasteiger partial charge on any atom is -0.462 e. The van der Waals surface area contributed by atoms with E-state index in [9.17, 15) is 4.21 Å². The fraction of sp³-hybridized carbons (Fsp3) is 0.167. The third-order valence-electron chi connectivity index (χ3n) is 3.73. The number of aryl methyl sites for hydroxylation is 1. The molecule has 0 amide bonds. The Hall–Kier alpha value is -2.38. The van der Waals surface area contributed by atoms with Crippen molar-refractivity contribution in [3.05, 3.63) is 65.1 Å². The Labute approximate surface area is 151 Å². The molecule has 0 saturated carbocycles. The number of furan rings is 1. The number of aromatic nitrogens is 3. The van der Waals surface area contributed by atoms with E-state index in [1.54, 1.807) is 6.26 Å². The minimum absolute atomic E-state index is 0.372. The molecule has 1 aromatic carbocycles. The number of fused-ring (bicyclic) bond motifs is 1. The number of hydrogen-bond donors (Lipinski definition) is 0. The number of benzene rings is 1. The van der Waals surface area contributed by atoms with Gasteiger partial charge in [-0.3, -0.25) is 4.21 Å². The molecule has 0 aliphatic carbocycles. The molecule has 0 bridgehead atoms. The Morgan fingerprint density at radius 1 is 1.04 bits per heavy atom. The highest BCUT2D eigenvalue weighted by Gasteiger charge is 2.13. The van der Waals surface area contributed by atoms with E-state index in [0.29, 0.717) is 11.5 Å². The van der Waals surface area contributed by atoms with Crippen molar-refractivity contribution in [2.75, 3.05) is 0 Å². The number of hydrogen-bond acceptors (Lipinski definition) is 6. The summed E-state index contributed by atoms with van der Waals surface area (Å²) in [4.78, 5) is 13.7. The van der Waals surface area contributed by atoms with Crippen LogP contribution in [0.25, 0.3) is 21.8 Å². The molecular weight excluding hydrogens is 354 g/mol. The van der Waals surface area contributed by atoms with Crippen LogP contribution in [0.4, 0.5) is 0 Å². The average molecular weight is 369 g/mol. The lowest BCUT2D eigenvalue weighted by Crippen LogP contribution is -2.05. The summed E-state index contributed by atoms with van der Waals surface area (Å²) in [6.45, 7) is 1.91. The van der Waals surface area contributed by atoms with Gasteiger partial charge in [0.2, 0.25) is 0 Å². The molecular formula is C18H15N3O2S2. The fourth-order valence-electron chi connectivity index (χ4n) is 2.52. The minimum atomic E-state index is -1.10. The van der Waals surface area contributed by atoms with E-state index in [-0.39, 0.29) is 0 Å². The maximum absolute atomic E-state index is 12.6. The molecule has 25 heavy (non-hydrogen) atoms. The van der Waals surface area contributed by atoms with E-state index in [1.807, 2.05) is 48.7 Å². The zero-order valence-electron chi connectivity index (χ0n) is 13.5. The molecule has 126 valence electrons. The first-order valence-corrected chi connectivity index (χ1v) is 10.1. The van der Waals surface area contributed by atoms with Crippen molar-refractivity contribution in [1.82, 2.24) is 15.0 Å². The molecule has 5 nitrogen and oxygen atoms in total. The van der Waals surface area contributed by atoms with Crippen molar-refractivity contribution >= 4 is 33.2 Å². The fourth-order valence-corrected chi connectivity index (χ4v) is 4.57. The molecule has 4 rings (SSSR count). The lowest BCUT2D eigenvalue weighted by Gasteiger charge is -2.06. The van der Waals surface area contributed by atoms with E-state index < -0.39 is 10.8 Å². The van der Waals surface area contributed by atoms with E-state index in [4.69, 9.17) is 4.42 Å². The van der Waals surface area contributed by atoms with Gasteiger partial charge in [-0.15, -0.1) is 11.3 Å². The first-order valence-electron chi connectivity index (χ1n) is 7.74. The molecule has 1 atom stereocenters. The lowest BCUT2D eigenvalue weighted by molar-refractivity contribution is 0.581. The normalized spacial score (nSPS) is 12.5. The maximum atomic E-state index is 12.6. The van der Waals surface area contributed by atoms with Crippen LogP contribution in [-0.2, 0) is 22.3 Å². The van der Waals surface area contributed by atoms with Gasteiger partial charge in [-0.1, -0.05) is 12.1 Å². The Morgan fingerprint density at radius 3 is 2.60 bits per heavy atom. The van der Waals surface area contributed by atoms with Gasteiger partial charge in [0, 0.05) is 16.2 Å². The molecule has 3 aromatic heterocycles.